The minimum absolute atomic E-state index is 0.176. The number of hydrogen-bond donors (Lipinski definition) is 0. The molecule has 3 rings (SSSR count). The van der Waals surface area contributed by atoms with Crippen LogP contribution in [0.4, 0.5) is 9.18 Å². The van der Waals surface area contributed by atoms with Crippen molar-refractivity contribution in [2.75, 3.05) is 27.3 Å². The molecule has 0 aromatic heterocycles. The van der Waals surface area contributed by atoms with E-state index in [1.165, 1.54) is 19.2 Å². The van der Waals surface area contributed by atoms with Crippen molar-refractivity contribution in [3.05, 3.63) is 53.8 Å². The minimum Gasteiger partial charge on any atom is -0.493 e. The van der Waals surface area contributed by atoms with E-state index < -0.39 is 0 Å². The highest BCUT2D eigenvalue weighted by Crippen LogP contribution is 2.39. The van der Waals surface area contributed by atoms with Crippen molar-refractivity contribution in [3.63, 3.8) is 0 Å². The Morgan fingerprint density at radius 1 is 1.08 bits per heavy atom. The summed E-state index contributed by atoms with van der Waals surface area (Å²) in [5, 5.41) is 0. The smallest absolute Gasteiger partial charge is 0.409 e. The van der Waals surface area contributed by atoms with Crippen molar-refractivity contribution < 1.29 is 23.4 Å². The monoisotopic (exact) mass is 359 g/mol. The Morgan fingerprint density at radius 3 is 2.46 bits per heavy atom. The molecule has 5 nitrogen and oxygen atoms in total. The molecule has 0 radical (unpaired) electrons. The Morgan fingerprint density at radius 2 is 1.81 bits per heavy atom. The lowest BCUT2D eigenvalue weighted by molar-refractivity contribution is 0.131. The third-order valence-electron chi connectivity index (χ3n) is 4.70. The van der Waals surface area contributed by atoms with Gasteiger partial charge in [0.05, 0.1) is 14.2 Å². The number of halogens is 1. The summed E-state index contributed by atoms with van der Waals surface area (Å²) in [5.41, 5.74) is 1.06. The molecule has 2 aromatic rings. The molecule has 0 unspecified atom stereocenters. The van der Waals surface area contributed by atoms with Gasteiger partial charge in [0.2, 0.25) is 0 Å². The SMILES string of the molecule is COC(=O)N1C[C@H](C)[C@H](c2ccc(OC)c(Oc3ccc(F)cc3)c2)C1. The van der Waals surface area contributed by atoms with E-state index in [2.05, 4.69) is 6.92 Å². The first-order valence-electron chi connectivity index (χ1n) is 8.46. The second-order valence-corrected chi connectivity index (χ2v) is 6.43. The molecular formula is C20H22FNO4. The first-order valence-corrected chi connectivity index (χ1v) is 8.46. The van der Waals surface area contributed by atoms with Gasteiger partial charge in [0.25, 0.3) is 0 Å². The van der Waals surface area contributed by atoms with Crippen LogP contribution in [0.3, 0.4) is 0 Å². The normalized spacial score (nSPS) is 19.3. The summed E-state index contributed by atoms with van der Waals surface area (Å²) in [6.07, 6.45) is -0.310. The summed E-state index contributed by atoms with van der Waals surface area (Å²) >= 11 is 0. The fourth-order valence-corrected chi connectivity index (χ4v) is 3.31. The highest BCUT2D eigenvalue weighted by Gasteiger charge is 2.34. The average molecular weight is 359 g/mol. The largest absolute Gasteiger partial charge is 0.493 e. The van der Waals surface area contributed by atoms with E-state index in [4.69, 9.17) is 14.2 Å². The Labute approximate surface area is 152 Å². The zero-order valence-corrected chi connectivity index (χ0v) is 15.1. The van der Waals surface area contributed by atoms with E-state index in [1.54, 1.807) is 24.1 Å². The van der Waals surface area contributed by atoms with Crippen molar-refractivity contribution in [2.24, 2.45) is 5.92 Å². The number of carbonyl (C=O) groups excluding carboxylic acids is 1. The molecule has 0 aliphatic carbocycles. The molecule has 1 saturated heterocycles. The van der Waals surface area contributed by atoms with Crippen LogP contribution in [0.1, 0.15) is 18.4 Å². The molecule has 26 heavy (non-hydrogen) atoms. The van der Waals surface area contributed by atoms with Gasteiger partial charge in [0.1, 0.15) is 11.6 Å². The van der Waals surface area contributed by atoms with Crippen LogP contribution in [0.5, 0.6) is 17.2 Å². The molecule has 1 aliphatic heterocycles. The number of hydrogen-bond acceptors (Lipinski definition) is 4. The maximum Gasteiger partial charge on any atom is 0.409 e. The quantitative estimate of drug-likeness (QED) is 0.810. The number of likely N-dealkylation sites (tertiary alicyclic amines) is 1. The van der Waals surface area contributed by atoms with Crippen LogP contribution in [0.25, 0.3) is 0 Å². The van der Waals surface area contributed by atoms with Gasteiger partial charge in [-0.05, 0) is 47.9 Å². The van der Waals surface area contributed by atoms with Gasteiger partial charge in [-0.3, -0.25) is 0 Å². The van der Waals surface area contributed by atoms with Gasteiger partial charge in [0, 0.05) is 19.0 Å². The third kappa shape index (κ3) is 3.74. The topological polar surface area (TPSA) is 48.0 Å². The lowest BCUT2D eigenvalue weighted by Gasteiger charge is -2.18. The van der Waals surface area contributed by atoms with Crippen LogP contribution in [0.15, 0.2) is 42.5 Å². The van der Waals surface area contributed by atoms with Gasteiger partial charge in [-0.15, -0.1) is 0 Å². The van der Waals surface area contributed by atoms with E-state index in [9.17, 15) is 9.18 Å². The van der Waals surface area contributed by atoms with Gasteiger partial charge in [-0.2, -0.15) is 0 Å². The molecule has 6 heteroatoms. The Bertz CT molecular complexity index is 778. The Kier molecular flexibility index (Phi) is 5.30. The number of nitrogens with zero attached hydrogens (tertiary/aromatic N) is 1. The first kappa shape index (κ1) is 18.0. The Hall–Kier alpha value is -2.76. The van der Waals surface area contributed by atoms with Crippen molar-refractivity contribution >= 4 is 6.09 Å². The lowest BCUT2D eigenvalue weighted by Crippen LogP contribution is -2.28. The summed E-state index contributed by atoms with van der Waals surface area (Å²) in [4.78, 5) is 13.5. The van der Waals surface area contributed by atoms with Crippen LogP contribution >= 0.6 is 0 Å². The highest BCUT2D eigenvalue weighted by atomic mass is 19.1. The van der Waals surface area contributed by atoms with E-state index in [1.807, 2.05) is 18.2 Å². The van der Waals surface area contributed by atoms with Crippen molar-refractivity contribution in [1.82, 2.24) is 4.90 Å². The molecule has 138 valence electrons. The standard InChI is InChI=1S/C20H22FNO4/c1-13-11-22(20(23)25-3)12-17(13)14-4-9-18(24-2)19(10-14)26-16-7-5-15(21)6-8-16/h4-10,13,17H,11-12H2,1-3H3/t13-,17+/m0/s1. The van der Waals surface area contributed by atoms with E-state index in [0.29, 0.717) is 36.3 Å². The summed E-state index contributed by atoms with van der Waals surface area (Å²) in [5.74, 6) is 1.82. The van der Waals surface area contributed by atoms with Gasteiger partial charge in [-0.25, -0.2) is 9.18 Å². The number of methoxy groups -OCH3 is 2. The van der Waals surface area contributed by atoms with Crippen LogP contribution < -0.4 is 9.47 Å². The molecule has 0 saturated carbocycles. The first-order chi connectivity index (χ1) is 12.5. The third-order valence-corrected chi connectivity index (χ3v) is 4.70. The van der Waals surface area contributed by atoms with Gasteiger partial charge in [-0.1, -0.05) is 13.0 Å². The highest BCUT2D eigenvalue weighted by molar-refractivity contribution is 5.68. The summed E-state index contributed by atoms with van der Waals surface area (Å²) in [6.45, 7) is 3.35. The molecule has 1 aliphatic rings. The average Bonchev–Trinajstić information content (AvgIpc) is 3.04. The second-order valence-electron chi connectivity index (χ2n) is 6.43. The maximum atomic E-state index is 13.1. The van der Waals surface area contributed by atoms with Crippen LogP contribution in [-0.4, -0.2) is 38.3 Å². The van der Waals surface area contributed by atoms with Crippen LogP contribution in [0, 0.1) is 11.7 Å². The molecule has 0 spiro atoms. The van der Waals surface area contributed by atoms with E-state index in [0.717, 1.165) is 5.56 Å². The van der Waals surface area contributed by atoms with Crippen molar-refractivity contribution in [1.29, 1.82) is 0 Å². The van der Waals surface area contributed by atoms with Crippen molar-refractivity contribution in [2.45, 2.75) is 12.8 Å². The molecule has 0 bridgehead atoms. The number of benzene rings is 2. The zero-order valence-electron chi connectivity index (χ0n) is 15.1. The Balaban J connectivity index is 1.85. The number of amides is 1. The molecule has 2 atom stereocenters. The molecule has 1 amide bonds. The van der Waals surface area contributed by atoms with E-state index >= 15 is 0 Å². The molecule has 1 fully saturated rings. The summed E-state index contributed by atoms with van der Waals surface area (Å²) in [7, 11) is 2.96. The molecule has 1 heterocycles. The molecule has 0 N–H and O–H groups in total. The van der Waals surface area contributed by atoms with Gasteiger partial charge < -0.3 is 19.1 Å². The number of rotatable bonds is 4. The van der Waals surface area contributed by atoms with E-state index in [-0.39, 0.29) is 17.8 Å². The van der Waals surface area contributed by atoms with Crippen LogP contribution in [-0.2, 0) is 4.74 Å². The summed E-state index contributed by atoms with van der Waals surface area (Å²) in [6, 6.07) is 11.6. The van der Waals surface area contributed by atoms with Crippen molar-refractivity contribution in [3.8, 4) is 17.2 Å². The molecular weight excluding hydrogens is 337 g/mol. The molecule has 2 aromatic carbocycles. The fourth-order valence-electron chi connectivity index (χ4n) is 3.31. The minimum atomic E-state index is -0.319. The predicted octanol–water partition coefficient (Wildman–Crippen LogP) is 4.43. The summed E-state index contributed by atoms with van der Waals surface area (Å²) < 4.78 is 29.2. The number of carbonyl (C=O) groups is 1. The predicted molar refractivity (Wildman–Crippen MR) is 95.4 cm³/mol. The van der Waals surface area contributed by atoms with Gasteiger partial charge in [0.15, 0.2) is 11.5 Å². The fraction of sp³-hybridized carbons (Fsp3) is 0.350. The van der Waals surface area contributed by atoms with Crippen LogP contribution in [0.2, 0.25) is 0 Å². The second kappa shape index (κ2) is 7.64. The van der Waals surface area contributed by atoms with Gasteiger partial charge >= 0.3 is 6.09 Å². The zero-order chi connectivity index (χ0) is 18.7. The number of ether oxygens (including phenoxy) is 3. The maximum absolute atomic E-state index is 13.1. The lowest BCUT2D eigenvalue weighted by atomic mass is 9.90.